The second-order valence-electron chi connectivity index (χ2n) is 14.7. The topological polar surface area (TPSA) is 278 Å². The lowest BCUT2D eigenvalue weighted by atomic mass is 10.0. The Hall–Kier alpha value is -4.69. The van der Waals surface area contributed by atoms with Crippen molar-refractivity contribution >= 4 is 50.2 Å². The summed E-state index contributed by atoms with van der Waals surface area (Å²) >= 11 is 3.66. The number of aliphatic hydroxyl groups excluding tert-OH is 2. The number of phenols is 2. The van der Waals surface area contributed by atoms with Gasteiger partial charge in [-0.1, -0.05) is 59.1 Å². The van der Waals surface area contributed by atoms with Crippen molar-refractivity contribution in [3.8, 4) is 11.5 Å². The Morgan fingerprint density at radius 1 is 0.900 bits per heavy atom. The average molecular weight is 888 g/mol. The monoisotopic (exact) mass is 886 g/mol. The number of phenolic OH excluding ortho intramolecular Hbond substituents is 2. The SMILES string of the molecule is Cc1nc(N)c(C(=O)NC(N)=NCCCCc2ccc(CCCCN(C[C@H](O)c3ccc(O)c(CCS(=O)[O-])c3)C[C@H](O)c3ccc(O)c(CS(C)(=O)=O)c3)cc2)nc1Cl. The Kier molecular flexibility index (Phi) is 18.2. The standard InChI is InChI=1S/C41H54ClN7O9S2/c1-26-38(42)47-37(39(43)46-26)40(54)48-41(44)45-18-5-3-7-27-9-11-28(12-10-27)8-4-6-19-49(23-35(52)29-13-15-33(50)31(21-29)17-20-59(55)56)24-36(53)30-14-16-34(51)32(22-30)25-60(2,57)58/h9-16,21-22,35-36,50-53H,3-8,17-20,23-25H2,1-2H3,(H2,43,46)(H,55,56)(H3,44,45,48,54)/p-1/t35-,36-/m0/s1. The first-order valence-electron chi connectivity index (χ1n) is 19.3. The molecule has 3 atom stereocenters. The average Bonchev–Trinajstić information content (AvgIpc) is 3.18. The molecular weight excluding hydrogens is 834 g/mol. The molecule has 0 radical (unpaired) electrons. The van der Waals surface area contributed by atoms with E-state index in [0.717, 1.165) is 55.9 Å². The minimum absolute atomic E-state index is 0.0596. The quantitative estimate of drug-likeness (QED) is 0.0257. The fourth-order valence-corrected chi connectivity index (χ4v) is 7.76. The van der Waals surface area contributed by atoms with Gasteiger partial charge < -0.3 is 36.4 Å². The van der Waals surface area contributed by atoms with Crippen LogP contribution in [0, 0.1) is 6.92 Å². The molecule has 19 heteroatoms. The van der Waals surface area contributed by atoms with Gasteiger partial charge in [0.05, 0.1) is 23.7 Å². The zero-order chi connectivity index (χ0) is 44.0. The van der Waals surface area contributed by atoms with Crippen molar-refractivity contribution in [1.82, 2.24) is 20.2 Å². The van der Waals surface area contributed by atoms with Crippen LogP contribution in [0.15, 0.2) is 65.7 Å². The number of nitrogen functional groups attached to an aromatic ring is 1. The molecule has 0 saturated heterocycles. The van der Waals surface area contributed by atoms with Crippen molar-refractivity contribution in [1.29, 1.82) is 0 Å². The van der Waals surface area contributed by atoms with E-state index in [9.17, 15) is 42.4 Å². The third-order valence-corrected chi connectivity index (χ3v) is 11.4. The van der Waals surface area contributed by atoms with Crippen molar-refractivity contribution < 1.29 is 42.4 Å². The van der Waals surface area contributed by atoms with E-state index in [-0.39, 0.29) is 65.0 Å². The lowest BCUT2D eigenvalue weighted by Gasteiger charge is -2.28. The van der Waals surface area contributed by atoms with Crippen LogP contribution in [-0.2, 0) is 45.9 Å². The van der Waals surface area contributed by atoms with Gasteiger partial charge in [0, 0.05) is 37.2 Å². The van der Waals surface area contributed by atoms with Crippen LogP contribution in [0.5, 0.6) is 11.5 Å². The molecule has 0 aliphatic carbocycles. The molecule has 4 rings (SSSR count). The summed E-state index contributed by atoms with van der Waals surface area (Å²) in [6.07, 6.45) is 3.76. The van der Waals surface area contributed by atoms with Gasteiger partial charge in [-0.25, -0.2) is 18.4 Å². The number of nitrogens with one attached hydrogen (secondary N) is 1. The zero-order valence-corrected chi connectivity index (χ0v) is 36.0. The van der Waals surface area contributed by atoms with Gasteiger partial charge in [-0.2, -0.15) is 0 Å². The summed E-state index contributed by atoms with van der Waals surface area (Å²) in [4.78, 5) is 26.5. The summed E-state index contributed by atoms with van der Waals surface area (Å²) in [6, 6.07) is 17.2. The molecule has 1 aromatic heterocycles. The van der Waals surface area contributed by atoms with E-state index in [1.54, 1.807) is 19.1 Å². The van der Waals surface area contributed by atoms with Crippen molar-refractivity contribution in [3.63, 3.8) is 0 Å². The molecule has 60 heavy (non-hydrogen) atoms. The van der Waals surface area contributed by atoms with Crippen LogP contribution in [0.2, 0.25) is 5.15 Å². The lowest BCUT2D eigenvalue weighted by Crippen LogP contribution is -2.38. The molecule has 1 heterocycles. The van der Waals surface area contributed by atoms with Gasteiger partial charge in [0.1, 0.15) is 11.5 Å². The van der Waals surface area contributed by atoms with Crippen molar-refractivity contribution in [2.75, 3.05) is 43.9 Å². The zero-order valence-electron chi connectivity index (χ0n) is 33.6. The van der Waals surface area contributed by atoms with Crippen molar-refractivity contribution in [2.45, 2.75) is 69.8 Å². The third kappa shape index (κ3) is 15.7. The number of aromatic nitrogens is 2. The van der Waals surface area contributed by atoms with Crippen LogP contribution in [0.4, 0.5) is 5.82 Å². The largest absolute Gasteiger partial charge is 0.772 e. The number of sulfone groups is 1. The van der Waals surface area contributed by atoms with Crippen LogP contribution in [0.25, 0.3) is 0 Å². The normalized spacial score (nSPS) is 13.6. The molecule has 1 amide bonds. The van der Waals surface area contributed by atoms with Crippen LogP contribution in [-0.4, -0.2) is 103 Å². The smallest absolute Gasteiger partial charge is 0.280 e. The van der Waals surface area contributed by atoms with E-state index in [1.807, 2.05) is 4.90 Å². The number of aryl methyl sites for hydroxylation is 4. The number of unbranched alkanes of at least 4 members (excludes halogenated alkanes) is 2. The number of halogens is 1. The number of nitrogens with zero attached hydrogens (tertiary/aromatic N) is 4. The Balaban J connectivity index is 1.30. The molecule has 0 aliphatic heterocycles. The molecule has 1 unspecified atom stereocenters. The molecule has 4 aromatic rings. The van der Waals surface area contributed by atoms with E-state index >= 15 is 0 Å². The van der Waals surface area contributed by atoms with E-state index in [0.29, 0.717) is 35.5 Å². The second-order valence-corrected chi connectivity index (χ2v) is 18.2. The summed E-state index contributed by atoms with van der Waals surface area (Å²) in [6.45, 7) is 2.73. The van der Waals surface area contributed by atoms with Crippen LogP contribution in [0.1, 0.15) is 87.5 Å². The Bertz CT molecular complexity index is 2250. The van der Waals surface area contributed by atoms with Gasteiger partial charge in [0.25, 0.3) is 5.91 Å². The highest BCUT2D eigenvalue weighted by Gasteiger charge is 2.21. The molecular formula is C41H53ClN7O9S2-. The predicted molar refractivity (Wildman–Crippen MR) is 231 cm³/mol. The minimum Gasteiger partial charge on any atom is -0.772 e. The van der Waals surface area contributed by atoms with E-state index < -0.39 is 44.8 Å². The molecule has 3 aromatic carbocycles. The maximum absolute atomic E-state index is 12.5. The highest BCUT2D eigenvalue weighted by atomic mass is 35.5. The molecule has 0 bridgehead atoms. The summed E-state index contributed by atoms with van der Waals surface area (Å²) < 4.78 is 46.1. The number of aliphatic hydroxyl groups is 2. The first kappa shape index (κ1) is 48.0. The molecule has 9 N–H and O–H groups in total. The summed E-state index contributed by atoms with van der Waals surface area (Å²) in [5, 5.41) is 45.6. The first-order valence-corrected chi connectivity index (χ1v) is 23.0. The number of amides is 1. The maximum atomic E-state index is 12.5. The Morgan fingerprint density at radius 3 is 2.02 bits per heavy atom. The Morgan fingerprint density at radius 2 is 1.45 bits per heavy atom. The summed E-state index contributed by atoms with van der Waals surface area (Å²) in [7, 11) is -3.45. The number of carbonyl (C=O) groups excluding carboxylic acids is 1. The van der Waals surface area contributed by atoms with Gasteiger partial charge >= 0.3 is 0 Å². The Labute approximate surface area is 358 Å². The van der Waals surface area contributed by atoms with Crippen LogP contribution >= 0.6 is 11.6 Å². The van der Waals surface area contributed by atoms with Gasteiger partial charge in [0.2, 0.25) is 0 Å². The lowest BCUT2D eigenvalue weighted by molar-refractivity contribution is 0.0678. The third-order valence-electron chi connectivity index (χ3n) is 9.66. The van der Waals surface area contributed by atoms with Gasteiger partial charge in [-0.3, -0.25) is 24.2 Å². The predicted octanol–water partition coefficient (Wildman–Crippen LogP) is 3.56. The summed E-state index contributed by atoms with van der Waals surface area (Å²) in [5.74, 6) is -1.60. The van der Waals surface area contributed by atoms with E-state index in [1.165, 1.54) is 24.3 Å². The minimum atomic E-state index is -3.45. The molecule has 0 spiro atoms. The van der Waals surface area contributed by atoms with Gasteiger partial charge in [-0.05, 0) is 110 Å². The molecule has 0 saturated carbocycles. The van der Waals surface area contributed by atoms with Crippen molar-refractivity contribution in [2.24, 2.45) is 10.7 Å². The first-order chi connectivity index (χ1) is 28.4. The van der Waals surface area contributed by atoms with Crippen LogP contribution in [0.3, 0.4) is 0 Å². The van der Waals surface area contributed by atoms with Gasteiger partial charge in [0.15, 0.2) is 32.5 Å². The second kappa shape index (κ2) is 22.8. The number of guanidine groups is 1. The molecule has 326 valence electrons. The van der Waals surface area contributed by atoms with Crippen LogP contribution < -0.4 is 16.8 Å². The fourth-order valence-electron chi connectivity index (χ4n) is 6.45. The molecule has 16 nitrogen and oxygen atoms in total. The number of anilines is 1. The molecule has 0 fully saturated rings. The van der Waals surface area contributed by atoms with E-state index in [2.05, 4.69) is 44.5 Å². The number of rotatable bonds is 22. The van der Waals surface area contributed by atoms with Gasteiger partial charge in [-0.15, -0.1) is 0 Å². The number of carbonyl (C=O) groups is 1. The molecule has 0 aliphatic rings. The maximum Gasteiger partial charge on any atom is 0.280 e. The van der Waals surface area contributed by atoms with E-state index in [4.69, 9.17) is 23.1 Å². The summed E-state index contributed by atoms with van der Waals surface area (Å²) in [5.41, 5.74) is 15.7. The number of hydrogen-bond donors (Lipinski definition) is 7. The number of hydrogen-bond acceptors (Lipinski definition) is 14. The highest BCUT2D eigenvalue weighted by molar-refractivity contribution is 7.89. The number of benzene rings is 3. The van der Waals surface area contributed by atoms with Crippen molar-refractivity contribution in [3.05, 3.63) is 111 Å². The fraction of sp³-hybridized carbons (Fsp3) is 0.415. The number of nitrogens with two attached hydrogens (primary N) is 2. The number of aromatic hydroxyl groups is 2. The highest BCUT2D eigenvalue weighted by Crippen LogP contribution is 2.27. The number of aliphatic imine (C=N–C) groups is 1.